The summed E-state index contributed by atoms with van der Waals surface area (Å²) in [5.74, 6) is -0.781. The highest BCUT2D eigenvalue weighted by molar-refractivity contribution is 5.98. The summed E-state index contributed by atoms with van der Waals surface area (Å²) in [6.07, 6.45) is 0. The fourth-order valence-corrected chi connectivity index (χ4v) is 3.78. The van der Waals surface area contributed by atoms with Crippen molar-refractivity contribution in [2.75, 3.05) is 13.2 Å². The van der Waals surface area contributed by atoms with Crippen molar-refractivity contribution in [2.24, 2.45) is 0 Å². The van der Waals surface area contributed by atoms with Gasteiger partial charge in [-0.1, -0.05) is 54.1 Å². The molecule has 2 heterocycles. The Kier molecular flexibility index (Phi) is 5.27. The zero-order valence-corrected chi connectivity index (χ0v) is 16.9. The Morgan fingerprint density at radius 2 is 1.93 bits per heavy atom. The first kappa shape index (κ1) is 19.7. The van der Waals surface area contributed by atoms with Crippen LogP contribution in [0, 0.1) is 13.8 Å². The number of urea groups is 1. The van der Waals surface area contributed by atoms with Gasteiger partial charge in [0, 0.05) is 6.54 Å². The second-order valence-electron chi connectivity index (χ2n) is 7.53. The molecule has 0 radical (unpaired) electrons. The van der Waals surface area contributed by atoms with E-state index in [1.54, 1.807) is 0 Å². The molecule has 3 amide bonds. The number of rotatable bonds is 5. The number of nitrogens with zero attached hydrogens (tertiary/aromatic N) is 1. The van der Waals surface area contributed by atoms with Gasteiger partial charge in [-0.25, -0.2) is 9.59 Å². The number of carbonyl (C=O) groups is 3. The molecule has 2 N–H and O–H groups in total. The van der Waals surface area contributed by atoms with Gasteiger partial charge in [0.2, 0.25) is 5.91 Å². The maximum atomic E-state index is 12.9. The third-order valence-electron chi connectivity index (χ3n) is 5.38. The Morgan fingerprint density at radius 3 is 2.70 bits per heavy atom. The van der Waals surface area contributed by atoms with Crippen molar-refractivity contribution < 1.29 is 19.1 Å². The van der Waals surface area contributed by atoms with Crippen molar-refractivity contribution in [3.8, 4) is 0 Å². The van der Waals surface area contributed by atoms with E-state index in [1.165, 1.54) is 4.90 Å². The summed E-state index contributed by atoms with van der Waals surface area (Å²) >= 11 is 0. The minimum absolute atomic E-state index is 0.0189. The van der Waals surface area contributed by atoms with Gasteiger partial charge in [0.15, 0.2) is 0 Å². The molecule has 0 spiro atoms. The van der Waals surface area contributed by atoms with Crippen LogP contribution in [-0.4, -0.2) is 36.0 Å². The van der Waals surface area contributed by atoms with Crippen molar-refractivity contribution in [3.63, 3.8) is 0 Å². The number of benzene rings is 2. The molecule has 0 fully saturated rings. The molecular formula is C23H23N3O4. The fourth-order valence-electron chi connectivity index (χ4n) is 3.78. The van der Waals surface area contributed by atoms with Gasteiger partial charge in [0.1, 0.15) is 13.2 Å². The molecule has 0 saturated heterocycles. The van der Waals surface area contributed by atoms with Gasteiger partial charge < -0.3 is 15.4 Å². The highest BCUT2D eigenvalue weighted by Gasteiger charge is 2.43. The molecule has 1 atom stereocenters. The largest absolute Gasteiger partial charge is 0.456 e. The molecule has 7 heteroatoms. The number of hydrogen-bond donors (Lipinski definition) is 2. The molecule has 2 aliphatic rings. The van der Waals surface area contributed by atoms with Crippen LogP contribution in [0.5, 0.6) is 0 Å². The molecule has 0 bridgehead atoms. The second kappa shape index (κ2) is 8.02. The van der Waals surface area contributed by atoms with Crippen LogP contribution in [-0.2, 0) is 20.9 Å². The molecular weight excluding hydrogens is 382 g/mol. The van der Waals surface area contributed by atoms with Crippen LogP contribution in [0.3, 0.4) is 0 Å². The van der Waals surface area contributed by atoms with E-state index in [1.807, 2.05) is 62.4 Å². The zero-order chi connectivity index (χ0) is 21.3. The first-order chi connectivity index (χ1) is 14.4. The number of ether oxygens (including phenoxy) is 1. The lowest BCUT2D eigenvalue weighted by Gasteiger charge is -2.33. The summed E-state index contributed by atoms with van der Waals surface area (Å²) in [6.45, 7) is 4.05. The maximum Gasteiger partial charge on any atom is 0.338 e. The van der Waals surface area contributed by atoms with Gasteiger partial charge in [-0.3, -0.25) is 9.69 Å². The van der Waals surface area contributed by atoms with Gasteiger partial charge in [0.25, 0.3) is 0 Å². The van der Waals surface area contributed by atoms with Gasteiger partial charge in [-0.2, -0.15) is 0 Å². The number of amides is 3. The summed E-state index contributed by atoms with van der Waals surface area (Å²) in [5.41, 5.74) is 4.64. The van der Waals surface area contributed by atoms with Crippen LogP contribution in [0.2, 0.25) is 0 Å². The maximum absolute atomic E-state index is 12.9. The minimum Gasteiger partial charge on any atom is -0.456 e. The van der Waals surface area contributed by atoms with E-state index >= 15 is 0 Å². The monoisotopic (exact) mass is 405 g/mol. The van der Waals surface area contributed by atoms with Crippen molar-refractivity contribution in [1.29, 1.82) is 0 Å². The summed E-state index contributed by atoms with van der Waals surface area (Å²) in [4.78, 5) is 39.1. The average molecular weight is 405 g/mol. The third-order valence-corrected chi connectivity index (χ3v) is 5.38. The Hall–Kier alpha value is -3.61. The number of esters is 1. The van der Waals surface area contributed by atoms with Crippen LogP contribution in [0.4, 0.5) is 4.79 Å². The highest BCUT2D eigenvalue weighted by Crippen LogP contribution is 2.36. The third kappa shape index (κ3) is 3.78. The van der Waals surface area contributed by atoms with E-state index in [4.69, 9.17) is 4.74 Å². The SMILES string of the molecule is Cc1ccc(C)c(C2NC(=O)N(CC(=O)NCc3ccccc3)C3=C2C(=O)OC3)c1. The number of nitrogens with one attached hydrogen (secondary N) is 2. The van der Waals surface area contributed by atoms with Crippen LogP contribution >= 0.6 is 0 Å². The molecule has 1 unspecified atom stereocenters. The summed E-state index contributed by atoms with van der Waals surface area (Å²) in [5, 5.41) is 5.69. The average Bonchev–Trinajstić information content (AvgIpc) is 3.12. The van der Waals surface area contributed by atoms with E-state index in [2.05, 4.69) is 10.6 Å². The lowest BCUT2D eigenvalue weighted by molar-refractivity contribution is -0.136. The fraction of sp³-hybridized carbons (Fsp3) is 0.261. The summed E-state index contributed by atoms with van der Waals surface area (Å²) in [7, 11) is 0. The molecule has 7 nitrogen and oxygen atoms in total. The van der Waals surface area contributed by atoms with Gasteiger partial charge in [0.05, 0.1) is 17.3 Å². The van der Waals surface area contributed by atoms with Crippen molar-refractivity contribution >= 4 is 17.9 Å². The van der Waals surface area contributed by atoms with E-state index in [0.717, 1.165) is 22.3 Å². The molecule has 154 valence electrons. The Labute approximate surface area is 174 Å². The predicted octanol–water partition coefficient (Wildman–Crippen LogP) is 2.50. The van der Waals surface area contributed by atoms with Crippen LogP contribution in [0.25, 0.3) is 0 Å². The Morgan fingerprint density at radius 1 is 1.17 bits per heavy atom. The predicted molar refractivity (Wildman–Crippen MR) is 110 cm³/mol. The van der Waals surface area contributed by atoms with Gasteiger partial charge in [-0.15, -0.1) is 0 Å². The lowest BCUT2D eigenvalue weighted by atomic mass is 9.91. The normalized spacial score (nSPS) is 18.1. The zero-order valence-electron chi connectivity index (χ0n) is 16.9. The molecule has 30 heavy (non-hydrogen) atoms. The van der Waals surface area contributed by atoms with Crippen LogP contribution < -0.4 is 10.6 Å². The summed E-state index contributed by atoms with van der Waals surface area (Å²) < 4.78 is 5.23. The molecule has 4 rings (SSSR count). The molecule has 0 aromatic heterocycles. The lowest BCUT2D eigenvalue weighted by Crippen LogP contribution is -2.50. The van der Waals surface area contributed by atoms with E-state index in [0.29, 0.717) is 17.8 Å². The number of carbonyl (C=O) groups excluding carboxylic acids is 3. The van der Waals surface area contributed by atoms with Crippen molar-refractivity contribution in [1.82, 2.24) is 15.5 Å². The smallest absolute Gasteiger partial charge is 0.338 e. The Bertz CT molecular complexity index is 1050. The first-order valence-electron chi connectivity index (χ1n) is 9.80. The van der Waals surface area contributed by atoms with Crippen LogP contribution in [0.1, 0.15) is 28.3 Å². The van der Waals surface area contributed by atoms with E-state index in [9.17, 15) is 14.4 Å². The van der Waals surface area contributed by atoms with Gasteiger partial charge >= 0.3 is 12.0 Å². The van der Waals surface area contributed by atoms with Gasteiger partial charge in [-0.05, 0) is 30.5 Å². The molecule has 0 aliphatic carbocycles. The Balaban J connectivity index is 1.57. The van der Waals surface area contributed by atoms with Crippen molar-refractivity contribution in [2.45, 2.75) is 26.4 Å². The molecule has 2 aromatic carbocycles. The standard InChI is InChI=1S/C23H23N3O4/c1-14-8-9-15(2)17(10-14)21-20-18(13-30-22(20)28)26(23(29)25-21)12-19(27)24-11-16-6-4-3-5-7-16/h3-10,21H,11-13H2,1-2H3,(H,24,27)(H,25,29). The first-order valence-corrected chi connectivity index (χ1v) is 9.80. The second-order valence-corrected chi connectivity index (χ2v) is 7.53. The topological polar surface area (TPSA) is 87.7 Å². The van der Waals surface area contributed by atoms with Crippen molar-refractivity contribution in [3.05, 3.63) is 82.1 Å². The number of hydrogen-bond acceptors (Lipinski definition) is 4. The number of aryl methyl sites for hydroxylation is 2. The molecule has 2 aromatic rings. The van der Waals surface area contributed by atoms with E-state index in [-0.39, 0.29) is 19.1 Å². The quantitative estimate of drug-likeness (QED) is 0.749. The highest BCUT2D eigenvalue weighted by atomic mass is 16.5. The molecule has 2 aliphatic heterocycles. The van der Waals surface area contributed by atoms with E-state index < -0.39 is 18.0 Å². The molecule has 0 saturated carbocycles. The number of cyclic esters (lactones) is 1. The van der Waals surface area contributed by atoms with Crippen LogP contribution in [0.15, 0.2) is 59.8 Å². The minimum atomic E-state index is -0.592. The summed E-state index contributed by atoms with van der Waals surface area (Å²) in [6, 6.07) is 14.4.